The molecule has 0 bridgehead atoms. The van der Waals surface area contributed by atoms with Crippen molar-refractivity contribution in [2.24, 2.45) is 5.18 Å². The number of rotatable bonds is 4. The topological polar surface area (TPSA) is 76.0 Å². The predicted molar refractivity (Wildman–Crippen MR) is 54.9 cm³/mol. The first kappa shape index (κ1) is 10.9. The van der Waals surface area contributed by atoms with Crippen molar-refractivity contribution in [2.45, 2.75) is 6.92 Å². The van der Waals surface area contributed by atoms with E-state index >= 15 is 0 Å². The Labute approximate surface area is 86.0 Å². The molecule has 1 rings (SSSR count). The van der Waals surface area contributed by atoms with Crippen LogP contribution in [0.4, 0.5) is 5.69 Å². The Balaban J connectivity index is 3.25. The monoisotopic (exact) mass is 207 g/mol. The number of benzene rings is 1. The Bertz CT molecular complexity index is 412. The zero-order chi connectivity index (χ0) is 11.3. The van der Waals surface area contributed by atoms with Crippen LogP contribution in [0.25, 0.3) is 5.76 Å². The van der Waals surface area contributed by atoms with Crippen LogP contribution in [-0.2, 0) is 4.79 Å². The molecular formula is C10H9NO4. The molecule has 0 radical (unpaired) electrons. The summed E-state index contributed by atoms with van der Waals surface area (Å²) in [6, 6.07) is 4.14. The smallest absolute Gasteiger partial charge is 0.298 e. The first-order valence-corrected chi connectivity index (χ1v) is 4.16. The van der Waals surface area contributed by atoms with Gasteiger partial charge in [-0.05, 0) is 30.3 Å². The summed E-state index contributed by atoms with van der Waals surface area (Å²) < 4.78 is 4.62. The lowest BCUT2D eigenvalue weighted by Crippen LogP contribution is -1.94. The average Bonchev–Trinajstić information content (AvgIpc) is 2.28. The third kappa shape index (κ3) is 2.40. The number of nitrogens with zero attached hydrogens (tertiary/aromatic N) is 1. The predicted octanol–water partition coefficient (Wildman–Crippen LogP) is 2.54. The van der Waals surface area contributed by atoms with Gasteiger partial charge < -0.3 is 9.84 Å². The summed E-state index contributed by atoms with van der Waals surface area (Å²) in [7, 11) is 0. The lowest BCUT2D eigenvalue weighted by Gasteiger charge is -2.06. The second kappa shape index (κ2) is 4.90. The zero-order valence-corrected chi connectivity index (χ0v) is 8.01. The van der Waals surface area contributed by atoms with E-state index in [2.05, 4.69) is 9.91 Å². The highest BCUT2D eigenvalue weighted by Gasteiger charge is 2.08. The van der Waals surface area contributed by atoms with Crippen LogP contribution in [0.15, 0.2) is 29.5 Å². The molecule has 0 aliphatic rings. The van der Waals surface area contributed by atoms with E-state index in [0.717, 1.165) is 0 Å². The maximum Gasteiger partial charge on any atom is 0.298 e. The summed E-state index contributed by atoms with van der Waals surface area (Å²) in [5.74, 6) is 0.0574. The molecule has 5 heteroatoms. The molecule has 15 heavy (non-hydrogen) atoms. The first-order chi connectivity index (χ1) is 7.22. The van der Waals surface area contributed by atoms with Gasteiger partial charge in [0.15, 0.2) is 0 Å². The molecule has 78 valence electrons. The van der Waals surface area contributed by atoms with Crippen LogP contribution in [-0.4, -0.2) is 11.6 Å². The lowest BCUT2D eigenvalue weighted by atomic mass is 10.1. The maximum atomic E-state index is 10.2. The van der Waals surface area contributed by atoms with E-state index in [9.17, 15) is 14.8 Å². The van der Waals surface area contributed by atoms with E-state index in [0.29, 0.717) is 5.56 Å². The van der Waals surface area contributed by atoms with Crippen molar-refractivity contribution in [3.63, 3.8) is 0 Å². The number of nitroso groups, excluding NO2 is 1. The largest absolute Gasteiger partial charge is 0.508 e. The van der Waals surface area contributed by atoms with Gasteiger partial charge in [-0.25, -0.2) is 0 Å². The summed E-state index contributed by atoms with van der Waals surface area (Å²) in [5.41, 5.74) is 0.455. The Hall–Kier alpha value is -2.17. The van der Waals surface area contributed by atoms with Gasteiger partial charge in [0.05, 0.1) is 5.56 Å². The maximum absolute atomic E-state index is 10.2. The van der Waals surface area contributed by atoms with Crippen LogP contribution in [0, 0.1) is 4.91 Å². The van der Waals surface area contributed by atoms with Crippen molar-refractivity contribution in [3.8, 4) is 5.75 Å². The van der Waals surface area contributed by atoms with Gasteiger partial charge >= 0.3 is 0 Å². The van der Waals surface area contributed by atoms with Crippen LogP contribution >= 0.6 is 0 Å². The van der Waals surface area contributed by atoms with Crippen LogP contribution in [0.1, 0.15) is 12.5 Å². The summed E-state index contributed by atoms with van der Waals surface area (Å²) in [5, 5.41) is 12.1. The normalized spacial score (nSPS) is 10.9. The van der Waals surface area contributed by atoms with Gasteiger partial charge in [0.25, 0.3) is 6.47 Å². The minimum absolute atomic E-state index is 0.0377. The van der Waals surface area contributed by atoms with Crippen LogP contribution in [0.5, 0.6) is 5.75 Å². The Morgan fingerprint density at radius 3 is 2.80 bits per heavy atom. The molecule has 0 unspecified atom stereocenters. The molecule has 0 aliphatic carbocycles. The number of aliphatic hydroxyl groups is 1. The number of carbonyl (C=O) groups is 1. The highest BCUT2D eigenvalue weighted by Crippen LogP contribution is 2.28. The molecule has 1 N–H and O–H groups in total. The summed E-state index contributed by atoms with van der Waals surface area (Å²) in [4.78, 5) is 20.4. The molecule has 1 aromatic carbocycles. The van der Waals surface area contributed by atoms with Crippen molar-refractivity contribution in [1.29, 1.82) is 0 Å². The average molecular weight is 207 g/mol. The molecule has 0 aliphatic heterocycles. The number of aliphatic hydroxyl groups excluding tert-OH is 1. The van der Waals surface area contributed by atoms with Gasteiger partial charge in [0, 0.05) is 6.07 Å². The van der Waals surface area contributed by atoms with Crippen molar-refractivity contribution >= 4 is 17.9 Å². The molecule has 0 spiro atoms. The molecule has 0 saturated carbocycles. The van der Waals surface area contributed by atoms with Crippen LogP contribution < -0.4 is 4.74 Å². The number of ether oxygens (including phenoxy) is 1. The standard InChI is InChI=1S/C10H9NO4/c1-2-9(13)8-4-3-7(11-14)5-10(8)15-6-12/h2-6,13H,1H3/b9-2+. The van der Waals surface area contributed by atoms with E-state index < -0.39 is 0 Å². The number of allylic oxidation sites excluding steroid dienone is 1. The zero-order valence-electron chi connectivity index (χ0n) is 8.01. The van der Waals surface area contributed by atoms with Gasteiger partial charge in [-0.15, -0.1) is 4.91 Å². The summed E-state index contributed by atoms with van der Waals surface area (Å²) in [6.45, 7) is 1.85. The van der Waals surface area contributed by atoms with E-state index in [1.54, 1.807) is 6.92 Å². The third-order valence-corrected chi connectivity index (χ3v) is 1.80. The summed E-state index contributed by atoms with van der Waals surface area (Å²) in [6.07, 6.45) is 1.45. The van der Waals surface area contributed by atoms with E-state index in [4.69, 9.17) is 0 Å². The SMILES string of the molecule is C/C=C(/O)c1ccc(N=O)cc1OC=O. The van der Waals surface area contributed by atoms with Crippen molar-refractivity contribution in [1.82, 2.24) is 0 Å². The van der Waals surface area contributed by atoms with Crippen molar-refractivity contribution in [2.75, 3.05) is 0 Å². The molecule has 1 aromatic rings. The highest BCUT2D eigenvalue weighted by atomic mass is 16.5. The van der Waals surface area contributed by atoms with Crippen molar-refractivity contribution < 1.29 is 14.6 Å². The molecule has 0 fully saturated rings. The summed E-state index contributed by atoms with van der Waals surface area (Å²) >= 11 is 0. The van der Waals surface area contributed by atoms with Gasteiger partial charge in [-0.1, -0.05) is 0 Å². The quantitative estimate of drug-likeness (QED) is 0.467. The highest BCUT2D eigenvalue weighted by molar-refractivity contribution is 5.69. The van der Waals surface area contributed by atoms with Crippen molar-refractivity contribution in [3.05, 3.63) is 34.7 Å². The van der Waals surface area contributed by atoms with Gasteiger partial charge in [0.1, 0.15) is 17.2 Å². The Morgan fingerprint density at radius 2 is 2.27 bits per heavy atom. The Morgan fingerprint density at radius 1 is 1.53 bits per heavy atom. The molecule has 0 saturated heterocycles. The molecule has 0 atom stereocenters. The minimum atomic E-state index is -0.0377. The van der Waals surface area contributed by atoms with Gasteiger partial charge in [0.2, 0.25) is 0 Å². The van der Waals surface area contributed by atoms with Gasteiger partial charge in [-0.3, -0.25) is 4.79 Å². The number of hydrogen-bond acceptors (Lipinski definition) is 5. The first-order valence-electron chi connectivity index (χ1n) is 4.16. The second-order valence-electron chi connectivity index (χ2n) is 2.66. The molecule has 0 amide bonds. The molecular weight excluding hydrogens is 198 g/mol. The van der Waals surface area contributed by atoms with Gasteiger partial charge in [-0.2, -0.15) is 0 Å². The van der Waals surface area contributed by atoms with E-state index in [-0.39, 0.29) is 23.7 Å². The lowest BCUT2D eigenvalue weighted by molar-refractivity contribution is -0.120. The van der Waals surface area contributed by atoms with E-state index in [1.807, 2.05) is 0 Å². The van der Waals surface area contributed by atoms with Crippen LogP contribution in [0.2, 0.25) is 0 Å². The fraction of sp³-hybridized carbons (Fsp3) is 0.100. The minimum Gasteiger partial charge on any atom is -0.508 e. The number of carbonyl (C=O) groups excluding carboxylic acids is 1. The molecule has 0 heterocycles. The second-order valence-corrected chi connectivity index (χ2v) is 2.66. The van der Waals surface area contributed by atoms with Crippen LogP contribution in [0.3, 0.4) is 0 Å². The fourth-order valence-electron chi connectivity index (χ4n) is 1.08. The fourth-order valence-corrected chi connectivity index (χ4v) is 1.08. The Kier molecular flexibility index (Phi) is 3.56. The number of hydrogen-bond donors (Lipinski definition) is 1. The molecule has 0 aromatic heterocycles. The van der Waals surface area contributed by atoms with E-state index in [1.165, 1.54) is 24.3 Å². The third-order valence-electron chi connectivity index (χ3n) is 1.80. The molecule has 5 nitrogen and oxygen atoms in total.